The van der Waals surface area contributed by atoms with E-state index in [4.69, 9.17) is 10.8 Å². The van der Waals surface area contributed by atoms with Crippen molar-refractivity contribution in [1.82, 2.24) is 0 Å². The third-order valence-corrected chi connectivity index (χ3v) is 3.44. The molecule has 0 saturated carbocycles. The number of carbonyl (C=O) groups is 1. The van der Waals surface area contributed by atoms with Crippen LogP contribution in [-0.2, 0) is 0 Å². The largest absolute Gasteiger partial charge is 0.478 e. The minimum Gasteiger partial charge on any atom is -0.478 e. The van der Waals surface area contributed by atoms with Crippen LogP contribution in [0.15, 0.2) is 29.6 Å². The number of nitrogens with two attached hydrogens (primary N) is 1. The Morgan fingerprint density at radius 3 is 2.69 bits per heavy atom. The topological polar surface area (TPSA) is 63.3 Å². The predicted octanol–water partition coefficient (Wildman–Crippen LogP) is 3.00. The van der Waals surface area contributed by atoms with Gasteiger partial charge in [-0.3, -0.25) is 0 Å². The molecular formula is C12H11NO2S. The Bertz CT molecular complexity index is 532. The van der Waals surface area contributed by atoms with Gasteiger partial charge >= 0.3 is 5.97 Å². The van der Waals surface area contributed by atoms with E-state index in [-0.39, 0.29) is 5.56 Å². The third kappa shape index (κ3) is 1.67. The summed E-state index contributed by atoms with van der Waals surface area (Å²) in [6, 6.07) is 7.31. The van der Waals surface area contributed by atoms with Gasteiger partial charge in [0.2, 0.25) is 0 Å². The lowest BCUT2D eigenvalue weighted by atomic mass is 10.0. The van der Waals surface area contributed by atoms with E-state index in [2.05, 4.69) is 0 Å². The molecule has 0 aliphatic rings. The van der Waals surface area contributed by atoms with Crippen molar-refractivity contribution in [2.45, 2.75) is 6.92 Å². The van der Waals surface area contributed by atoms with Gasteiger partial charge in [-0.15, -0.1) is 11.3 Å². The smallest absolute Gasteiger partial charge is 0.337 e. The lowest BCUT2D eigenvalue weighted by Crippen LogP contribution is -2.04. The van der Waals surface area contributed by atoms with Crippen LogP contribution in [0.2, 0.25) is 0 Å². The monoisotopic (exact) mass is 233 g/mol. The summed E-state index contributed by atoms with van der Waals surface area (Å²) in [5, 5.41) is 10.9. The zero-order valence-electron chi connectivity index (χ0n) is 8.73. The highest BCUT2D eigenvalue weighted by molar-refractivity contribution is 7.13. The Labute approximate surface area is 97.2 Å². The number of carboxylic acids is 1. The Balaban J connectivity index is 2.60. The molecule has 0 radical (unpaired) electrons. The van der Waals surface area contributed by atoms with Gasteiger partial charge in [-0.2, -0.15) is 0 Å². The highest BCUT2D eigenvalue weighted by Crippen LogP contribution is 2.32. The Morgan fingerprint density at radius 1 is 1.38 bits per heavy atom. The van der Waals surface area contributed by atoms with Crippen LogP contribution in [0.25, 0.3) is 10.4 Å². The fraction of sp³-hybridized carbons (Fsp3) is 0.0833. The van der Waals surface area contributed by atoms with Gasteiger partial charge in [0, 0.05) is 10.6 Å². The van der Waals surface area contributed by atoms with Crippen LogP contribution in [-0.4, -0.2) is 11.1 Å². The Kier molecular flexibility index (Phi) is 2.66. The number of rotatable bonds is 2. The zero-order valence-corrected chi connectivity index (χ0v) is 9.54. The average molecular weight is 233 g/mol. The molecule has 0 aliphatic heterocycles. The summed E-state index contributed by atoms with van der Waals surface area (Å²) in [5.74, 6) is -0.988. The van der Waals surface area contributed by atoms with Crippen LogP contribution in [0.1, 0.15) is 15.9 Å². The average Bonchev–Trinajstić information content (AvgIpc) is 2.74. The molecule has 2 aromatic rings. The van der Waals surface area contributed by atoms with E-state index in [9.17, 15) is 4.79 Å². The minimum absolute atomic E-state index is 0.165. The Hall–Kier alpha value is -1.81. The van der Waals surface area contributed by atoms with Gasteiger partial charge in [-0.05, 0) is 35.6 Å². The van der Waals surface area contributed by atoms with Gasteiger partial charge in [0.1, 0.15) is 0 Å². The molecule has 3 nitrogen and oxygen atoms in total. The molecule has 0 bridgehead atoms. The lowest BCUT2D eigenvalue weighted by Gasteiger charge is -2.09. The highest BCUT2D eigenvalue weighted by atomic mass is 32.1. The van der Waals surface area contributed by atoms with E-state index in [1.807, 2.05) is 24.4 Å². The molecule has 0 atom stereocenters. The van der Waals surface area contributed by atoms with E-state index < -0.39 is 5.97 Å². The maximum absolute atomic E-state index is 10.9. The zero-order chi connectivity index (χ0) is 11.7. The van der Waals surface area contributed by atoms with E-state index in [1.54, 1.807) is 23.5 Å². The molecule has 0 fully saturated rings. The summed E-state index contributed by atoms with van der Waals surface area (Å²) in [7, 11) is 0. The Morgan fingerprint density at radius 2 is 2.12 bits per heavy atom. The first kappa shape index (κ1) is 10.7. The molecular weight excluding hydrogens is 222 g/mol. The van der Waals surface area contributed by atoms with Gasteiger partial charge in [0.25, 0.3) is 0 Å². The second-order valence-electron chi connectivity index (χ2n) is 3.48. The molecule has 0 saturated heterocycles. The van der Waals surface area contributed by atoms with Gasteiger partial charge in [-0.1, -0.05) is 12.1 Å². The van der Waals surface area contributed by atoms with Gasteiger partial charge < -0.3 is 10.8 Å². The molecule has 3 N–H and O–H groups in total. The highest BCUT2D eigenvalue weighted by Gasteiger charge is 2.13. The number of carboxylic acid groups (broad SMARTS) is 1. The first-order chi connectivity index (χ1) is 7.61. The summed E-state index contributed by atoms with van der Waals surface area (Å²) in [6.45, 7) is 1.84. The van der Waals surface area contributed by atoms with Crippen molar-refractivity contribution in [3.63, 3.8) is 0 Å². The quantitative estimate of drug-likeness (QED) is 0.784. The second-order valence-corrected chi connectivity index (χ2v) is 4.43. The number of nitrogen functional groups attached to an aromatic ring is 1. The number of benzene rings is 1. The first-order valence-corrected chi connectivity index (χ1v) is 5.65. The van der Waals surface area contributed by atoms with Crippen molar-refractivity contribution >= 4 is 23.0 Å². The third-order valence-electron chi connectivity index (χ3n) is 2.53. The van der Waals surface area contributed by atoms with Crippen LogP contribution in [0, 0.1) is 6.92 Å². The van der Waals surface area contributed by atoms with Crippen molar-refractivity contribution in [2.24, 2.45) is 0 Å². The molecule has 1 heterocycles. The number of aromatic carboxylic acids is 1. The fourth-order valence-corrected chi connectivity index (χ4v) is 2.42. The minimum atomic E-state index is -0.988. The normalized spacial score (nSPS) is 10.3. The lowest BCUT2D eigenvalue weighted by molar-refractivity contribution is 0.0698. The van der Waals surface area contributed by atoms with Crippen molar-refractivity contribution in [3.8, 4) is 10.4 Å². The van der Waals surface area contributed by atoms with E-state index in [0.717, 1.165) is 16.0 Å². The van der Waals surface area contributed by atoms with E-state index >= 15 is 0 Å². The maximum Gasteiger partial charge on any atom is 0.337 e. The number of hydrogen-bond donors (Lipinski definition) is 2. The molecule has 1 aromatic heterocycles. The number of anilines is 1. The molecule has 0 unspecified atom stereocenters. The van der Waals surface area contributed by atoms with E-state index in [0.29, 0.717) is 5.69 Å². The SMILES string of the molecule is Cc1c(-c2cccs2)ccc(C(=O)O)c1N. The maximum atomic E-state index is 10.9. The standard InChI is InChI=1S/C12H11NO2S/c1-7-8(10-3-2-6-16-10)4-5-9(11(7)13)12(14)15/h2-6H,13H2,1H3,(H,14,15). The van der Waals surface area contributed by atoms with Gasteiger partial charge in [0.05, 0.1) is 5.56 Å². The second kappa shape index (κ2) is 3.98. The molecule has 2 rings (SSSR count). The molecule has 1 aromatic carbocycles. The molecule has 82 valence electrons. The van der Waals surface area contributed by atoms with Crippen LogP contribution >= 0.6 is 11.3 Å². The van der Waals surface area contributed by atoms with Crippen LogP contribution in [0.5, 0.6) is 0 Å². The summed E-state index contributed by atoms with van der Waals surface area (Å²) in [6.07, 6.45) is 0. The molecule has 4 heteroatoms. The van der Waals surface area contributed by atoms with Crippen molar-refractivity contribution < 1.29 is 9.90 Å². The fourth-order valence-electron chi connectivity index (χ4n) is 1.61. The summed E-state index contributed by atoms with van der Waals surface area (Å²) < 4.78 is 0. The van der Waals surface area contributed by atoms with E-state index in [1.165, 1.54) is 0 Å². The first-order valence-electron chi connectivity index (χ1n) is 4.77. The molecule has 0 amide bonds. The number of thiophene rings is 1. The summed E-state index contributed by atoms with van der Waals surface area (Å²) >= 11 is 1.61. The van der Waals surface area contributed by atoms with Crippen molar-refractivity contribution in [2.75, 3.05) is 5.73 Å². The van der Waals surface area contributed by atoms with Gasteiger partial charge in [-0.25, -0.2) is 4.79 Å². The predicted molar refractivity (Wildman–Crippen MR) is 65.9 cm³/mol. The molecule has 16 heavy (non-hydrogen) atoms. The van der Waals surface area contributed by atoms with Crippen LogP contribution in [0.4, 0.5) is 5.69 Å². The van der Waals surface area contributed by atoms with Crippen LogP contribution < -0.4 is 5.73 Å². The van der Waals surface area contributed by atoms with Crippen molar-refractivity contribution in [1.29, 1.82) is 0 Å². The summed E-state index contributed by atoms with van der Waals surface area (Å²) in [5.41, 5.74) is 8.14. The summed E-state index contributed by atoms with van der Waals surface area (Å²) in [4.78, 5) is 12.0. The molecule has 0 aliphatic carbocycles. The van der Waals surface area contributed by atoms with Crippen molar-refractivity contribution in [3.05, 3.63) is 40.8 Å². The number of hydrogen-bond acceptors (Lipinski definition) is 3. The molecule has 0 spiro atoms. The van der Waals surface area contributed by atoms with Gasteiger partial charge in [0.15, 0.2) is 0 Å². The van der Waals surface area contributed by atoms with Crippen LogP contribution in [0.3, 0.4) is 0 Å².